The summed E-state index contributed by atoms with van der Waals surface area (Å²) in [5.74, 6) is 0. The zero-order valence-corrected chi connectivity index (χ0v) is 11.9. The highest BCUT2D eigenvalue weighted by Gasteiger charge is 2.26. The Morgan fingerprint density at radius 3 is 3.15 bits per heavy atom. The number of imidazole rings is 1. The Morgan fingerprint density at radius 2 is 2.25 bits per heavy atom. The summed E-state index contributed by atoms with van der Waals surface area (Å²) >= 11 is 6.10. The number of H-pyrrole nitrogens is 2. The van der Waals surface area contributed by atoms with Crippen LogP contribution in [0.4, 0.5) is 0 Å². The van der Waals surface area contributed by atoms with Crippen LogP contribution in [0.5, 0.6) is 0 Å². The van der Waals surface area contributed by atoms with Crippen LogP contribution in [-0.2, 0) is 6.42 Å². The van der Waals surface area contributed by atoms with E-state index in [-0.39, 0.29) is 6.04 Å². The Morgan fingerprint density at radius 1 is 1.35 bits per heavy atom. The van der Waals surface area contributed by atoms with Gasteiger partial charge in [0.15, 0.2) is 0 Å². The van der Waals surface area contributed by atoms with Crippen molar-refractivity contribution in [2.45, 2.75) is 19.4 Å². The maximum absolute atomic E-state index is 6.10. The predicted octanol–water partition coefficient (Wildman–Crippen LogP) is 3.09. The second-order valence-electron chi connectivity index (χ2n) is 5.26. The Balaban J connectivity index is 1.90. The van der Waals surface area contributed by atoms with E-state index in [0.29, 0.717) is 0 Å². The van der Waals surface area contributed by atoms with Crippen molar-refractivity contribution < 1.29 is 0 Å². The second-order valence-corrected chi connectivity index (χ2v) is 5.69. The molecule has 0 aliphatic carbocycles. The van der Waals surface area contributed by atoms with E-state index in [1.54, 1.807) is 6.33 Å². The Hall–Kier alpha value is -1.78. The minimum Gasteiger partial charge on any atom is -0.357 e. The quantitative estimate of drug-likeness (QED) is 0.644. The van der Waals surface area contributed by atoms with Crippen LogP contribution in [0.15, 0.2) is 24.5 Å². The normalized spacial score (nSPS) is 18.4. The monoisotopic (exact) mass is 286 g/mol. The molecule has 0 bridgehead atoms. The van der Waals surface area contributed by atoms with E-state index < -0.39 is 0 Å². The lowest BCUT2D eigenvalue weighted by molar-refractivity contribution is 0.544. The smallest absolute Gasteiger partial charge is 0.0926 e. The van der Waals surface area contributed by atoms with Crippen LogP contribution in [0.3, 0.4) is 0 Å². The number of benzene rings is 1. The SMILES string of the molecule is Cc1c(C2NCCc3[nH]cnc32)[nH]c2ccc(Cl)cc12. The maximum atomic E-state index is 6.10. The van der Waals surface area contributed by atoms with E-state index in [2.05, 4.69) is 27.2 Å². The number of hydrogen-bond acceptors (Lipinski definition) is 2. The van der Waals surface area contributed by atoms with Crippen LogP contribution < -0.4 is 5.32 Å². The highest BCUT2D eigenvalue weighted by Crippen LogP contribution is 2.32. The van der Waals surface area contributed by atoms with Crippen LogP contribution >= 0.6 is 11.6 Å². The van der Waals surface area contributed by atoms with Crippen molar-refractivity contribution >= 4 is 22.5 Å². The zero-order chi connectivity index (χ0) is 13.7. The molecule has 2 aromatic heterocycles. The van der Waals surface area contributed by atoms with Gasteiger partial charge in [0.2, 0.25) is 0 Å². The van der Waals surface area contributed by atoms with Gasteiger partial charge < -0.3 is 15.3 Å². The van der Waals surface area contributed by atoms with E-state index in [1.165, 1.54) is 22.3 Å². The summed E-state index contributed by atoms with van der Waals surface area (Å²) in [5.41, 5.74) is 5.85. The van der Waals surface area contributed by atoms with Crippen LogP contribution in [-0.4, -0.2) is 21.5 Å². The molecule has 20 heavy (non-hydrogen) atoms. The molecule has 0 fully saturated rings. The largest absolute Gasteiger partial charge is 0.357 e. The van der Waals surface area contributed by atoms with Crippen molar-refractivity contribution in [2.75, 3.05) is 6.54 Å². The van der Waals surface area contributed by atoms with E-state index in [1.807, 2.05) is 18.2 Å². The fourth-order valence-corrected chi connectivity index (χ4v) is 3.24. The number of fused-ring (bicyclic) bond motifs is 2. The molecule has 5 heteroatoms. The molecular formula is C15H15ClN4. The van der Waals surface area contributed by atoms with Gasteiger partial charge in [-0.15, -0.1) is 0 Å². The van der Waals surface area contributed by atoms with Crippen LogP contribution in [0.2, 0.25) is 5.02 Å². The molecule has 0 amide bonds. The van der Waals surface area contributed by atoms with Gasteiger partial charge in [-0.3, -0.25) is 0 Å². The first-order chi connectivity index (χ1) is 9.74. The van der Waals surface area contributed by atoms with Gasteiger partial charge in [-0.05, 0) is 30.7 Å². The predicted molar refractivity (Wildman–Crippen MR) is 80.2 cm³/mol. The fourth-order valence-electron chi connectivity index (χ4n) is 3.07. The molecule has 1 aliphatic heterocycles. The third-order valence-corrected chi connectivity index (χ3v) is 4.33. The molecule has 1 aromatic carbocycles. The Kier molecular flexibility index (Phi) is 2.62. The van der Waals surface area contributed by atoms with Crippen molar-refractivity contribution in [2.24, 2.45) is 0 Å². The molecule has 1 unspecified atom stereocenters. The number of aromatic nitrogens is 3. The van der Waals surface area contributed by atoms with Gasteiger partial charge in [0.1, 0.15) is 0 Å². The van der Waals surface area contributed by atoms with Crippen molar-refractivity contribution in [3.63, 3.8) is 0 Å². The van der Waals surface area contributed by atoms with Gasteiger partial charge in [0.05, 0.1) is 18.1 Å². The highest BCUT2D eigenvalue weighted by atomic mass is 35.5. The van der Waals surface area contributed by atoms with Crippen LogP contribution in [0, 0.1) is 6.92 Å². The number of halogens is 1. The minimum absolute atomic E-state index is 0.121. The number of rotatable bonds is 1. The van der Waals surface area contributed by atoms with E-state index >= 15 is 0 Å². The summed E-state index contributed by atoms with van der Waals surface area (Å²) in [6.07, 6.45) is 2.77. The molecule has 0 saturated carbocycles. The van der Waals surface area contributed by atoms with Crippen LogP contribution in [0.25, 0.3) is 10.9 Å². The van der Waals surface area contributed by atoms with Gasteiger partial charge in [0.25, 0.3) is 0 Å². The molecular weight excluding hydrogens is 272 g/mol. The summed E-state index contributed by atoms with van der Waals surface area (Å²) in [4.78, 5) is 11.2. The van der Waals surface area contributed by atoms with Gasteiger partial charge >= 0.3 is 0 Å². The molecule has 0 radical (unpaired) electrons. The summed E-state index contributed by atoms with van der Waals surface area (Å²) in [6, 6.07) is 6.08. The third kappa shape index (κ3) is 1.69. The first kappa shape index (κ1) is 12.0. The molecule has 0 spiro atoms. The van der Waals surface area contributed by atoms with E-state index in [9.17, 15) is 0 Å². The lowest BCUT2D eigenvalue weighted by Crippen LogP contribution is -2.31. The van der Waals surface area contributed by atoms with E-state index in [0.717, 1.165) is 29.2 Å². The molecule has 3 heterocycles. The topological polar surface area (TPSA) is 56.5 Å². The molecule has 4 rings (SSSR count). The van der Waals surface area contributed by atoms with Crippen molar-refractivity contribution in [1.82, 2.24) is 20.3 Å². The first-order valence-corrected chi connectivity index (χ1v) is 7.15. The standard InChI is InChI=1S/C15H15ClN4/c1-8-10-6-9(16)2-3-11(10)20-13(8)15-14-12(4-5-17-15)18-7-19-14/h2-3,6-7,15,17,20H,4-5H2,1H3,(H,18,19). The molecule has 3 aromatic rings. The lowest BCUT2D eigenvalue weighted by atomic mass is 9.99. The number of hydrogen-bond donors (Lipinski definition) is 3. The Labute approximate surface area is 121 Å². The zero-order valence-electron chi connectivity index (χ0n) is 11.1. The lowest BCUT2D eigenvalue weighted by Gasteiger charge is -2.23. The van der Waals surface area contributed by atoms with Gasteiger partial charge in [-0.1, -0.05) is 11.6 Å². The molecule has 3 N–H and O–H groups in total. The number of nitrogens with zero attached hydrogens (tertiary/aromatic N) is 1. The van der Waals surface area contributed by atoms with Gasteiger partial charge in [-0.2, -0.15) is 0 Å². The number of aromatic amines is 2. The van der Waals surface area contributed by atoms with Gasteiger partial charge in [0, 0.05) is 40.3 Å². The number of aryl methyl sites for hydroxylation is 1. The molecule has 1 aliphatic rings. The molecule has 0 saturated heterocycles. The Bertz CT molecular complexity index is 786. The van der Waals surface area contributed by atoms with Crippen molar-refractivity contribution in [3.05, 3.63) is 52.2 Å². The molecule has 4 nitrogen and oxygen atoms in total. The van der Waals surface area contributed by atoms with Crippen molar-refractivity contribution in [1.29, 1.82) is 0 Å². The summed E-state index contributed by atoms with van der Waals surface area (Å²) < 4.78 is 0. The average molecular weight is 287 g/mol. The fraction of sp³-hybridized carbons (Fsp3) is 0.267. The molecule has 102 valence electrons. The summed E-state index contributed by atoms with van der Waals surface area (Å²) in [7, 11) is 0. The third-order valence-electron chi connectivity index (χ3n) is 4.10. The maximum Gasteiger partial charge on any atom is 0.0926 e. The average Bonchev–Trinajstić information content (AvgIpc) is 3.04. The van der Waals surface area contributed by atoms with Crippen LogP contribution in [0.1, 0.15) is 28.7 Å². The number of nitrogens with one attached hydrogen (secondary N) is 3. The summed E-state index contributed by atoms with van der Waals surface area (Å²) in [5, 5.41) is 5.49. The van der Waals surface area contributed by atoms with Crippen molar-refractivity contribution in [3.8, 4) is 0 Å². The summed E-state index contributed by atoms with van der Waals surface area (Å²) in [6.45, 7) is 3.09. The minimum atomic E-state index is 0.121. The second kappa shape index (κ2) is 4.36. The van der Waals surface area contributed by atoms with Gasteiger partial charge in [-0.25, -0.2) is 4.98 Å². The first-order valence-electron chi connectivity index (χ1n) is 6.77. The molecule has 1 atom stereocenters. The highest BCUT2D eigenvalue weighted by molar-refractivity contribution is 6.31. The van der Waals surface area contributed by atoms with E-state index in [4.69, 9.17) is 11.6 Å².